The molecule has 0 spiro atoms. The average molecular weight is 401 g/mol. The molecule has 2 aliphatic rings. The van der Waals surface area contributed by atoms with Gasteiger partial charge in [-0.15, -0.1) is 0 Å². The molecule has 28 heavy (non-hydrogen) atoms. The molecule has 1 aliphatic heterocycles. The van der Waals surface area contributed by atoms with Gasteiger partial charge in [0.05, 0.1) is 25.0 Å². The molecule has 1 saturated heterocycles. The summed E-state index contributed by atoms with van der Waals surface area (Å²) >= 11 is 0. The van der Waals surface area contributed by atoms with E-state index in [1.807, 2.05) is 0 Å². The highest BCUT2D eigenvalue weighted by molar-refractivity contribution is 6.02. The number of benzene rings is 2. The van der Waals surface area contributed by atoms with Crippen molar-refractivity contribution in [3.05, 3.63) is 59.1 Å². The number of methoxy groups -OCH3 is 2. The Morgan fingerprint density at radius 3 is 2.64 bits per heavy atom. The van der Waals surface area contributed by atoms with Gasteiger partial charge in [0, 0.05) is 35.8 Å². The Hall–Kier alpha value is -2.33. The van der Waals surface area contributed by atoms with Gasteiger partial charge < -0.3 is 9.47 Å². The molecule has 148 valence electrons. The van der Waals surface area contributed by atoms with Gasteiger partial charge in [-0.25, -0.2) is 0 Å². The molecule has 0 amide bonds. The van der Waals surface area contributed by atoms with Crippen LogP contribution in [0.1, 0.15) is 69.4 Å². The molecule has 0 N–H and O–H groups in total. The van der Waals surface area contributed by atoms with E-state index in [2.05, 4.69) is 9.47 Å². The first-order valence-electron chi connectivity index (χ1n) is 18.7. The summed E-state index contributed by atoms with van der Waals surface area (Å²) in [6, 6.07) is 4.54. The van der Waals surface area contributed by atoms with Crippen LogP contribution >= 0.6 is 0 Å². The Balaban J connectivity index is 2.00. The zero-order valence-corrected chi connectivity index (χ0v) is 14.3. The lowest BCUT2D eigenvalue weighted by Gasteiger charge is -2.32. The molecule has 2 aromatic rings. The van der Waals surface area contributed by atoms with Gasteiger partial charge in [-0.3, -0.25) is 9.69 Å². The number of nitrogens with zero attached hydrogens (tertiary/aromatic N) is 1. The lowest BCUT2D eigenvalue weighted by atomic mass is 9.85. The predicted molar refractivity (Wildman–Crippen MR) is 110 cm³/mol. The summed E-state index contributed by atoms with van der Waals surface area (Å²) in [5, 5.41) is 0. The second-order valence-corrected chi connectivity index (χ2v) is 5.87. The van der Waals surface area contributed by atoms with E-state index in [0.717, 1.165) is 0 Å². The largest absolute Gasteiger partial charge is 0.493 e. The normalized spacial score (nSPS) is 42.8. The van der Waals surface area contributed by atoms with Gasteiger partial charge >= 0.3 is 0 Å². The molecule has 1 fully saturated rings. The number of fused-ring (bicyclic) bond motifs is 1. The van der Waals surface area contributed by atoms with Crippen LogP contribution in [0.4, 0.5) is 0 Å². The van der Waals surface area contributed by atoms with Gasteiger partial charge in [0.15, 0.2) is 17.3 Å². The first kappa shape index (κ1) is 6.33. The van der Waals surface area contributed by atoms with E-state index in [4.69, 9.17) is 28.8 Å². The molecule has 0 saturated carbocycles. The van der Waals surface area contributed by atoms with Crippen LogP contribution in [0.25, 0.3) is 0 Å². The fraction of sp³-hybridized carbons (Fsp3) is 0.458. The molecule has 2 aromatic carbocycles. The van der Waals surface area contributed by atoms with E-state index in [-0.39, 0.29) is 10.5 Å². The van der Waals surface area contributed by atoms with Gasteiger partial charge in [0.2, 0.25) is 0 Å². The number of carbonyl (C=O) groups excluding carboxylic acids is 1. The van der Waals surface area contributed by atoms with E-state index in [1.54, 1.807) is 6.07 Å². The van der Waals surface area contributed by atoms with Crippen LogP contribution in [0.2, 0.25) is 0 Å². The van der Waals surface area contributed by atoms with Gasteiger partial charge in [-0.2, -0.15) is 0 Å². The third kappa shape index (κ3) is 3.93. The lowest BCUT2D eigenvalue weighted by molar-refractivity contribution is 0.0895. The van der Waals surface area contributed by atoms with Crippen molar-refractivity contribution in [2.45, 2.75) is 32.0 Å². The first-order valence-corrected chi connectivity index (χ1v) is 8.16. The molecule has 1 heterocycles. The standard InChI is InChI=1S/C24H29NO3/c1-27-22-14-19-13-20(24(26)21(19)15-23(22)28-2)12-17-8-10-25(11-9-17)16-18-6-4-3-5-7-18/h3-7,14-15,17,20H,8-13,16H2,1-2H3/i1D3,2D3,8D2,9D2,10D2,11D2,12D2,13D2,14D,15D,17D. The van der Waals surface area contributed by atoms with Crippen molar-refractivity contribution in [1.82, 2.24) is 4.90 Å². The Kier molecular flexibility index (Phi) is 1.89. The maximum atomic E-state index is 14.0. The molecule has 1 atom stereocenters. The van der Waals surface area contributed by atoms with Gasteiger partial charge in [-0.1, -0.05) is 30.3 Å². The van der Waals surface area contributed by atoms with E-state index in [1.165, 1.54) is 24.3 Å². The Morgan fingerprint density at radius 2 is 1.93 bits per heavy atom. The summed E-state index contributed by atoms with van der Waals surface area (Å²) in [7, 11) is -6.95. The SMILES string of the molecule is [2H]c1c(OC([2H])([2H])[2H])c(OC([2H])([2H])[2H])c([2H])c2c1C(=O)C(C([2H])([2H])C1([2H])C([2H])([2H])C([2H])([2H])N(Cc3ccccc3)C([2H])([2H])C1([2H])[2H])C2([2H])[2H]. The number of rotatable bonds is 6. The predicted octanol–water partition coefficient (Wildman–Crippen LogP) is 4.36. The van der Waals surface area contributed by atoms with Crippen molar-refractivity contribution in [3.63, 3.8) is 0 Å². The van der Waals surface area contributed by atoms with Crippen molar-refractivity contribution in [2.75, 3.05) is 27.1 Å². The van der Waals surface area contributed by atoms with Crippen LogP contribution in [0.3, 0.4) is 0 Å². The van der Waals surface area contributed by atoms with Gasteiger partial charge in [0.1, 0.15) is 0 Å². The highest BCUT2D eigenvalue weighted by Crippen LogP contribution is 2.39. The fourth-order valence-corrected chi connectivity index (χ4v) is 2.73. The van der Waals surface area contributed by atoms with Crippen LogP contribution in [-0.2, 0) is 12.9 Å². The maximum Gasteiger partial charge on any atom is 0.166 e. The zero-order valence-electron chi connectivity index (χ0n) is 35.3. The first-order chi connectivity index (χ1) is 21.7. The molecule has 0 aromatic heterocycles. The minimum Gasteiger partial charge on any atom is -0.493 e. The van der Waals surface area contributed by atoms with Gasteiger partial charge in [0.25, 0.3) is 0 Å². The molecule has 4 nitrogen and oxygen atoms in total. The van der Waals surface area contributed by atoms with Crippen molar-refractivity contribution in [3.8, 4) is 11.5 Å². The van der Waals surface area contributed by atoms with Crippen LogP contribution in [0.5, 0.6) is 11.5 Å². The quantitative estimate of drug-likeness (QED) is 0.722. The smallest absolute Gasteiger partial charge is 0.166 e. The Bertz CT molecular complexity index is 1620. The van der Waals surface area contributed by atoms with Crippen molar-refractivity contribution >= 4 is 5.78 Å². The number of likely N-dealkylation sites (tertiary alicyclic amines) is 1. The van der Waals surface area contributed by atoms with Crippen LogP contribution in [-0.4, -0.2) is 37.8 Å². The Labute approximate surface area is 197 Å². The van der Waals surface area contributed by atoms with E-state index >= 15 is 0 Å². The number of piperidine rings is 1. The fourth-order valence-electron chi connectivity index (χ4n) is 2.73. The highest BCUT2D eigenvalue weighted by atomic mass is 16.5. The molecular weight excluding hydrogens is 350 g/mol. The number of ketones is 1. The third-order valence-electron chi connectivity index (χ3n) is 4.04. The van der Waals surface area contributed by atoms with Crippen molar-refractivity contribution in [2.24, 2.45) is 11.8 Å². The second-order valence-electron chi connectivity index (χ2n) is 5.87. The molecule has 4 rings (SSSR count). The molecule has 0 radical (unpaired) electrons. The number of Topliss-reactive ketones (excluding diaryl/α,β-unsaturated/α-hetero) is 1. The number of ether oxygens (including phenoxy) is 2. The second kappa shape index (κ2) is 8.36. The summed E-state index contributed by atoms with van der Waals surface area (Å²) in [6.45, 7) is -8.26. The molecular formula is C24H29NO3. The average Bonchev–Trinajstić information content (AvgIpc) is 3.14. The topological polar surface area (TPSA) is 38.8 Å². The molecule has 1 aliphatic carbocycles. The van der Waals surface area contributed by atoms with E-state index in [9.17, 15) is 4.79 Å². The third-order valence-corrected chi connectivity index (χ3v) is 4.04. The van der Waals surface area contributed by atoms with Crippen LogP contribution < -0.4 is 9.47 Å². The van der Waals surface area contributed by atoms with Crippen LogP contribution in [0.15, 0.2) is 42.4 Å². The Morgan fingerprint density at radius 1 is 1.21 bits per heavy atom. The number of hydrogen-bond acceptors (Lipinski definition) is 4. The minimum absolute atomic E-state index is 0.124. The van der Waals surface area contributed by atoms with Crippen LogP contribution in [0, 0.1) is 11.8 Å². The molecule has 1 unspecified atom stereocenters. The summed E-state index contributed by atoms with van der Waals surface area (Å²) in [6.07, 6.45) is -16.1. The van der Waals surface area contributed by atoms with Crippen molar-refractivity contribution in [1.29, 1.82) is 0 Å². The number of carbonyl (C=O) groups is 1. The lowest BCUT2D eigenvalue weighted by Crippen LogP contribution is -2.34. The number of hydrogen-bond donors (Lipinski definition) is 0. The summed E-state index contributed by atoms with van der Waals surface area (Å²) in [5.41, 5.74) is -2.33. The summed E-state index contributed by atoms with van der Waals surface area (Å²) < 4.78 is 185. The monoisotopic (exact) mass is 400 g/mol. The zero-order chi connectivity index (χ0) is 37.9. The van der Waals surface area contributed by atoms with E-state index < -0.39 is 111 Å². The maximum absolute atomic E-state index is 14.0. The summed E-state index contributed by atoms with van der Waals surface area (Å²) in [4.78, 5) is 14.1. The molecule has 4 heteroatoms. The molecule has 0 bridgehead atoms. The van der Waals surface area contributed by atoms with E-state index in [0.29, 0.717) is 0 Å². The highest BCUT2D eigenvalue weighted by Gasteiger charge is 2.34. The minimum atomic E-state index is -4.34. The summed E-state index contributed by atoms with van der Waals surface area (Å²) in [5.74, 6) is -12.0. The van der Waals surface area contributed by atoms with Gasteiger partial charge in [-0.05, 0) is 67.6 Å². The van der Waals surface area contributed by atoms with Crippen molar-refractivity contribution < 1.29 is 43.1 Å².